The number of hydrogen-bond donors (Lipinski definition) is 1. The van der Waals surface area contributed by atoms with E-state index in [0.29, 0.717) is 11.6 Å². The van der Waals surface area contributed by atoms with Crippen molar-refractivity contribution >= 4 is 17.1 Å². The first-order chi connectivity index (χ1) is 9.61. The van der Waals surface area contributed by atoms with Gasteiger partial charge in [0.25, 0.3) is 5.69 Å². The summed E-state index contributed by atoms with van der Waals surface area (Å²) in [4.78, 5) is 10.5. The van der Waals surface area contributed by atoms with Gasteiger partial charge in [-0.25, -0.2) is 0 Å². The van der Waals surface area contributed by atoms with Crippen LogP contribution in [0.5, 0.6) is 0 Å². The van der Waals surface area contributed by atoms with Gasteiger partial charge in [0.15, 0.2) is 0 Å². The highest BCUT2D eigenvalue weighted by atomic mass is 16.6. The SMILES string of the molecule is C[C@@H]1CCCC/C1=N/Nc1ccc(C#N)cc1[N+](=O)[O-]. The monoisotopic (exact) mass is 272 g/mol. The second-order valence-electron chi connectivity index (χ2n) is 4.96. The zero-order valence-electron chi connectivity index (χ0n) is 11.3. The minimum absolute atomic E-state index is 0.128. The standard InChI is InChI=1S/C14H16N4O2/c1-10-4-2-3-5-12(10)16-17-13-7-6-11(9-15)8-14(13)18(19)20/h6-8,10,17H,2-5H2,1H3/b16-12-/t10-/m1/s1. The topological polar surface area (TPSA) is 91.3 Å². The molecule has 0 saturated heterocycles. The van der Waals surface area contributed by atoms with Gasteiger partial charge in [-0.05, 0) is 37.3 Å². The molecule has 0 aliphatic heterocycles. The number of rotatable bonds is 3. The van der Waals surface area contributed by atoms with E-state index in [1.165, 1.54) is 18.6 Å². The van der Waals surface area contributed by atoms with Crippen LogP contribution in [0.4, 0.5) is 11.4 Å². The fraction of sp³-hybridized carbons (Fsp3) is 0.429. The number of nitriles is 1. The molecule has 1 saturated carbocycles. The molecule has 0 heterocycles. The third-order valence-corrected chi connectivity index (χ3v) is 3.53. The normalized spacial score (nSPS) is 20.4. The fourth-order valence-electron chi connectivity index (χ4n) is 2.31. The maximum atomic E-state index is 11.0. The molecule has 0 unspecified atom stereocenters. The van der Waals surface area contributed by atoms with E-state index in [2.05, 4.69) is 17.5 Å². The van der Waals surface area contributed by atoms with Gasteiger partial charge in [0.2, 0.25) is 0 Å². The zero-order valence-corrected chi connectivity index (χ0v) is 11.3. The lowest BCUT2D eigenvalue weighted by Crippen LogP contribution is -2.17. The lowest BCUT2D eigenvalue weighted by atomic mass is 9.89. The number of nitrogens with one attached hydrogen (secondary N) is 1. The Morgan fingerprint density at radius 2 is 2.30 bits per heavy atom. The number of hydrazone groups is 1. The van der Waals surface area contributed by atoms with Crippen LogP contribution in [0.3, 0.4) is 0 Å². The number of anilines is 1. The Kier molecular flexibility index (Phi) is 4.31. The second-order valence-corrected chi connectivity index (χ2v) is 4.96. The summed E-state index contributed by atoms with van der Waals surface area (Å²) < 4.78 is 0. The molecule has 0 radical (unpaired) electrons. The number of nitro groups is 1. The van der Waals surface area contributed by atoms with Crippen LogP contribution in [0, 0.1) is 27.4 Å². The summed E-state index contributed by atoms with van der Waals surface area (Å²) in [7, 11) is 0. The van der Waals surface area contributed by atoms with E-state index in [0.717, 1.165) is 25.0 Å². The van der Waals surface area contributed by atoms with Crippen molar-refractivity contribution in [3.63, 3.8) is 0 Å². The smallest absolute Gasteiger partial charge is 0.272 e. The summed E-state index contributed by atoms with van der Waals surface area (Å²) in [6, 6.07) is 6.21. The predicted molar refractivity (Wildman–Crippen MR) is 76.5 cm³/mol. The number of hydrogen-bond acceptors (Lipinski definition) is 5. The summed E-state index contributed by atoms with van der Waals surface area (Å²) >= 11 is 0. The van der Waals surface area contributed by atoms with Crippen LogP contribution in [0.15, 0.2) is 23.3 Å². The van der Waals surface area contributed by atoms with E-state index in [1.54, 1.807) is 6.07 Å². The van der Waals surface area contributed by atoms with Gasteiger partial charge in [-0.3, -0.25) is 15.5 Å². The molecular weight excluding hydrogens is 256 g/mol. The Morgan fingerprint density at radius 3 is 2.95 bits per heavy atom. The van der Waals surface area contributed by atoms with Crippen LogP contribution in [0.25, 0.3) is 0 Å². The third kappa shape index (κ3) is 3.12. The van der Waals surface area contributed by atoms with Crippen molar-refractivity contribution in [3.05, 3.63) is 33.9 Å². The van der Waals surface area contributed by atoms with Crippen LogP contribution in [-0.2, 0) is 0 Å². The van der Waals surface area contributed by atoms with E-state index >= 15 is 0 Å². The van der Waals surface area contributed by atoms with Crippen molar-refractivity contribution in [2.45, 2.75) is 32.6 Å². The van der Waals surface area contributed by atoms with E-state index in [1.807, 2.05) is 6.07 Å². The van der Waals surface area contributed by atoms with Crippen molar-refractivity contribution in [3.8, 4) is 6.07 Å². The first kappa shape index (κ1) is 14.0. The maximum absolute atomic E-state index is 11.0. The van der Waals surface area contributed by atoms with E-state index in [-0.39, 0.29) is 11.3 Å². The number of benzene rings is 1. The zero-order chi connectivity index (χ0) is 14.5. The van der Waals surface area contributed by atoms with Gasteiger partial charge in [0, 0.05) is 11.8 Å². The van der Waals surface area contributed by atoms with E-state index < -0.39 is 4.92 Å². The van der Waals surface area contributed by atoms with Crippen LogP contribution < -0.4 is 5.43 Å². The summed E-state index contributed by atoms with van der Waals surface area (Å²) in [6.07, 6.45) is 4.35. The molecule has 0 spiro atoms. The molecule has 1 aliphatic rings. The predicted octanol–water partition coefficient (Wildman–Crippen LogP) is 3.44. The quantitative estimate of drug-likeness (QED) is 0.673. The lowest BCUT2D eigenvalue weighted by Gasteiger charge is -2.20. The molecule has 2 rings (SSSR count). The average Bonchev–Trinajstić information content (AvgIpc) is 2.46. The van der Waals surface area contributed by atoms with Crippen LogP contribution >= 0.6 is 0 Å². The Bertz CT molecular complexity index is 589. The van der Waals surface area contributed by atoms with E-state index in [9.17, 15) is 10.1 Å². The molecule has 1 atom stereocenters. The van der Waals surface area contributed by atoms with Gasteiger partial charge in [-0.1, -0.05) is 13.3 Å². The van der Waals surface area contributed by atoms with Gasteiger partial charge in [0.05, 0.1) is 16.6 Å². The Balaban J connectivity index is 2.23. The van der Waals surface area contributed by atoms with E-state index in [4.69, 9.17) is 5.26 Å². The van der Waals surface area contributed by atoms with Crippen molar-refractivity contribution < 1.29 is 4.92 Å². The van der Waals surface area contributed by atoms with Gasteiger partial charge >= 0.3 is 0 Å². The Labute approximate surface area is 117 Å². The molecule has 1 aromatic rings. The highest BCUT2D eigenvalue weighted by molar-refractivity contribution is 5.88. The molecule has 0 amide bonds. The van der Waals surface area contributed by atoms with Crippen molar-refractivity contribution in [2.75, 3.05) is 5.43 Å². The largest absolute Gasteiger partial charge is 0.295 e. The Hall–Kier alpha value is -2.42. The highest BCUT2D eigenvalue weighted by Gasteiger charge is 2.18. The average molecular weight is 272 g/mol. The van der Waals surface area contributed by atoms with Crippen molar-refractivity contribution in [2.24, 2.45) is 11.0 Å². The summed E-state index contributed by atoms with van der Waals surface area (Å²) in [6.45, 7) is 2.12. The molecule has 104 valence electrons. The number of nitrogens with zero attached hydrogens (tertiary/aromatic N) is 3. The van der Waals surface area contributed by atoms with Gasteiger partial charge in [0.1, 0.15) is 5.69 Å². The minimum atomic E-state index is -0.506. The molecule has 0 bridgehead atoms. The summed E-state index contributed by atoms with van der Waals surface area (Å²) in [5.74, 6) is 0.411. The summed E-state index contributed by atoms with van der Waals surface area (Å²) in [5, 5.41) is 24.1. The molecule has 1 fully saturated rings. The lowest BCUT2D eigenvalue weighted by molar-refractivity contribution is -0.384. The minimum Gasteiger partial charge on any atom is -0.272 e. The van der Waals surface area contributed by atoms with Gasteiger partial charge in [-0.2, -0.15) is 10.4 Å². The highest BCUT2D eigenvalue weighted by Crippen LogP contribution is 2.26. The van der Waals surface area contributed by atoms with Crippen molar-refractivity contribution in [1.29, 1.82) is 5.26 Å². The molecule has 20 heavy (non-hydrogen) atoms. The third-order valence-electron chi connectivity index (χ3n) is 3.53. The molecule has 6 heteroatoms. The Morgan fingerprint density at radius 1 is 1.50 bits per heavy atom. The second kappa shape index (κ2) is 6.15. The van der Waals surface area contributed by atoms with Crippen LogP contribution in [0.2, 0.25) is 0 Å². The summed E-state index contributed by atoms with van der Waals surface area (Å²) in [5.41, 5.74) is 4.29. The molecule has 1 N–H and O–H groups in total. The van der Waals surface area contributed by atoms with Crippen molar-refractivity contribution in [1.82, 2.24) is 0 Å². The molecule has 6 nitrogen and oxygen atoms in total. The van der Waals surface area contributed by atoms with Gasteiger partial charge in [-0.15, -0.1) is 0 Å². The first-order valence-corrected chi connectivity index (χ1v) is 6.63. The first-order valence-electron chi connectivity index (χ1n) is 6.63. The molecule has 1 aliphatic carbocycles. The van der Waals surface area contributed by atoms with Crippen LogP contribution in [-0.4, -0.2) is 10.6 Å². The molecule has 1 aromatic carbocycles. The maximum Gasteiger partial charge on any atom is 0.295 e. The number of nitro benzene ring substituents is 1. The molecular formula is C14H16N4O2. The van der Waals surface area contributed by atoms with Crippen LogP contribution in [0.1, 0.15) is 38.2 Å². The molecule has 0 aromatic heterocycles. The fourth-order valence-corrected chi connectivity index (χ4v) is 2.31. The van der Waals surface area contributed by atoms with Gasteiger partial charge < -0.3 is 0 Å².